The van der Waals surface area contributed by atoms with Crippen LogP contribution in [0, 0.1) is 0 Å². The summed E-state index contributed by atoms with van der Waals surface area (Å²) in [5, 5.41) is 12.2. The zero-order valence-corrected chi connectivity index (χ0v) is 11.9. The lowest BCUT2D eigenvalue weighted by Gasteiger charge is -2.15. The number of nitrogens with one attached hydrogen (secondary N) is 1. The first kappa shape index (κ1) is 17.2. The third kappa shape index (κ3) is 12.4. The number of hydrogen-bond acceptors (Lipinski definition) is 5. The average molecular weight is 285 g/mol. The molecule has 0 spiro atoms. The molecule has 0 aromatic rings. The molecule has 0 radical (unpaired) electrons. The maximum atomic E-state index is 10.4. The summed E-state index contributed by atoms with van der Waals surface area (Å²) >= 11 is 0. The summed E-state index contributed by atoms with van der Waals surface area (Å²) in [4.78, 5) is 0. The minimum Gasteiger partial charge on any atom is -0.395 e. The van der Waals surface area contributed by atoms with E-state index in [0.717, 1.165) is 19.3 Å². The van der Waals surface area contributed by atoms with Crippen LogP contribution in [0.3, 0.4) is 0 Å². The Morgan fingerprint density at radius 1 is 1.29 bits per heavy atom. The summed E-state index contributed by atoms with van der Waals surface area (Å²) in [6.45, 7) is 2.67. The van der Waals surface area contributed by atoms with Crippen LogP contribution >= 0.6 is 10.8 Å². The number of aliphatic hydroxyl groups is 1. The van der Waals surface area contributed by atoms with E-state index in [1.807, 2.05) is 0 Å². The monoisotopic (exact) mass is 285 g/mol. The Morgan fingerprint density at radius 3 is 2.53 bits per heavy atom. The lowest BCUT2D eigenvalue weighted by molar-refractivity contribution is 0.235. The molecular weight excluding hydrogens is 262 g/mol. The Hall–Kier alpha value is 0.180. The van der Waals surface area contributed by atoms with E-state index in [1.54, 1.807) is 0 Å². The van der Waals surface area contributed by atoms with Crippen molar-refractivity contribution in [1.82, 2.24) is 5.32 Å². The smallest absolute Gasteiger partial charge is 0.319 e. The van der Waals surface area contributed by atoms with Crippen molar-refractivity contribution in [3.8, 4) is 0 Å². The second kappa shape index (κ2) is 10.1. The van der Waals surface area contributed by atoms with Gasteiger partial charge in [0.2, 0.25) is 0 Å². The van der Waals surface area contributed by atoms with Gasteiger partial charge in [0, 0.05) is 18.3 Å². The van der Waals surface area contributed by atoms with E-state index in [9.17, 15) is 8.42 Å². The molecule has 0 aliphatic heterocycles. The highest BCUT2D eigenvalue weighted by molar-refractivity contribution is 8.69. The summed E-state index contributed by atoms with van der Waals surface area (Å²) in [5.41, 5.74) is 0. The number of rotatable bonds is 11. The van der Waals surface area contributed by atoms with E-state index in [1.165, 1.54) is 12.8 Å². The summed E-state index contributed by atoms with van der Waals surface area (Å²) in [7, 11) is -3.44. The van der Waals surface area contributed by atoms with E-state index in [0.29, 0.717) is 17.3 Å². The van der Waals surface area contributed by atoms with Gasteiger partial charge in [-0.1, -0.05) is 32.6 Å². The van der Waals surface area contributed by atoms with Crippen molar-refractivity contribution in [2.75, 3.05) is 18.9 Å². The van der Waals surface area contributed by atoms with Gasteiger partial charge in [-0.3, -0.25) is 4.55 Å². The largest absolute Gasteiger partial charge is 0.395 e. The van der Waals surface area contributed by atoms with Gasteiger partial charge in [0.1, 0.15) is 0 Å². The normalized spacial score (nSPS) is 13.8. The Balaban J connectivity index is 3.54. The molecule has 0 bridgehead atoms. The highest BCUT2D eigenvalue weighted by Gasteiger charge is 2.08. The predicted molar refractivity (Wildman–Crippen MR) is 71.6 cm³/mol. The van der Waals surface area contributed by atoms with Crippen molar-refractivity contribution >= 4 is 19.9 Å². The summed E-state index contributed by atoms with van der Waals surface area (Å²) in [5.74, 6) is 0.282. The third-order valence-electron chi connectivity index (χ3n) is 2.39. The topological polar surface area (TPSA) is 86.6 Å². The van der Waals surface area contributed by atoms with E-state index in [-0.39, 0.29) is 18.4 Å². The number of hydrogen-bond donors (Lipinski definition) is 3. The highest BCUT2D eigenvalue weighted by atomic mass is 33.1. The van der Waals surface area contributed by atoms with Crippen molar-refractivity contribution in [3.63, 3.8) is 0 Å². The van der Waals surface area contributed by atoms with Gasteiger partial charge in [-0.15, -0.1) is 0 Å². The second-order valence-corrected chi connectivity index (χ2v) is 7.40. The van der Waals surface area contributed by atoms with Gasteiger partial charge in [-0.05, 0) is 17.2 Å². The van der Waals surface area contributed by atoms with Gasteiger partial charge >= 0.3 is 9.15 Å². The molecule has 0 aliphatic rings. The molecule has 0 rings (SSSR count). The Morgan fingerprint density at radius 2 is 2.00 bits per heavy atom. The molecule has 5 nitrogen and oxygen atoms in total. The summed E-state index contributed by atoms with van der Waals surface area (Å²) in [6, 6.07) is 0.0221. The molecular formula is C10H23NO4S2. The molecule has 0 heterocycles. The number of unbranched alkanes of at least 4 members (excludes halogenated alkanes) is 3. The van der Waals surface area contributed by atoms with E-state index in [4.69, 9.17) is 9.66 Å². The molecule has 1 unspecified atom stereocenters. The first-order chi connectivity index (χ1) is 7.99. The van der Waals surface area contributed by atoms with Crippen LogP contribution in [-0.2, 0) is 9.15 Å². The minimum atomic E-state index is -3.94. The van der Waals surface area contributed by atoms with E-state index in [2.05, 4.69) is 12.2 Å². The first-order valence-corrected chi connectivity index (χ1v) is 8.90. The standard InChI is InChI=1S/C10H23NO4S2/c1-2-3-4-5-6-10(9-12)11-7-8-16-17(13,14)15/h10-12H,2-9H2,1H3,(H,13,14,15). The third-order valence-corrected chi connectivity index (χ3v) is 4.46. The fourth-order valence-electron chi connectivity index (χ4n) is 1.49. The molecule has 1 atom stereocenters. The lowest BCUT2D eigenvalue weighted by Crippen LogP contribution is -2.34. The quantitative estimate of drug-likeness (QED) is 0.302. The molecule has 0 aromatic carbocycles. The molecule has 7 heteroatoms. The first-order valence-electron chi connectivity index (χ1n) is 5.95. The highest BCUT2D eigenvalue weighted by Crippen LogP contribution is 2.08. The van der Waals surface area contributed by atoms with Gasteiger partial charge in [-0.2, -0.15) is 8.42 Å². The van der Waals surface area contributed by atoms with Crippen LogP contribution in [0.25, 0.3) is 0 Å². The van der Waals surface area contributed by atoms with Gasteiger partial charge < -0.3 is 10.4 Å². The van der Waals surface area contributed by atoms with Gasteiger partial charge in [0.05, 0.1) is 6.61 Å². The van der Waals surface area contributed by atoms with Crippen LogP contribution in [0.15, 0.2) is 0 Å². The van der Waals surface area contributed by atoms with Crippen molar-refractivity contribution in [2.24, 2.45) is 0 Å². The lowest BCUT2D eigenvalue weighted by atomic mass is 10.1. The van der Waals surface area contributed by atoms with E-state index < -0.39 is 9.15 Å². The van der Waals surface area contributed by atoms with Crippen LogP contribution in [0.2, 0.25) is 0 Å². The van der Waals surface area contributed by atoms with Gasteiger partial charge in [-0.25, -0.2) is 0 Å². The predicted octanol–water partition coefficient (Wildman–Crippen LogP) is 1.44. The minimum absolute atomic E-state index is 0.0221. The fourth-order valence-corrected chi connectivity index (χ4v) is 2.78. The SMILES string of the molecule is CCCCCCC(CO)NCCSS(=O)(=O)O. The number of aliphatic hydroxyl groups excluding tert-OH is 1. The Bertz CT molecular complexity index is 269. The zero-order valence-electron chi connectivity index (χ0n) is 10.3. The Kier molecular flexibility index (Phi) is 10.2. The zero-order chi connectivity index (χ0) is 13.1. The van der Waals surface area contributed by atoms with E-state index >= 15 is 0 Å². The maximum Gasteiger partial charge on any atom is 0.319 e. The maximum absolute atomic E-state index is 10.4. The molecule has 0 saturated carbocycles. The average Bonchev–Trinajstić information content (AvgIpc) is 2.25. The molecule has 3 N–H and O–H groups in total. The molecule has 0 fully saturated rings. The molecule has 0 aromatic heterocycles. The van der Waals surface area contributed by atoms with Crippen molar-refractivity contribution in [3.05, 3.63) is 0 Å². The molecule has 0 amide bonds. The molecule has 0 aliphatic carbocycles. The van der Waals surface area contributed by atoms with Crippen molar-refractivity contribution < 1.29 is 18.1 Å². The van der Waals surface area contributed by atoms with Crippen LogP contribution in [0.1, 0.15) is 39.0 Å². The van der Waals surface area contributed by atoms with Crippen LogP contribution in [-0.4, -0.2) is 43.0 Å². The van der Waals surface area contributed by atoms with Crippen molar-refractivity contribution in [2.45, 2.75) is 45.1 Å². The Labute approximate surface area is 108 Å². The summed E-state index contributed by atoms with van der Waals surface area (Å²) < 4.78 is 29.4. The molecule has 0 saturated heterocycles. The van der Waals surface area contributed by atoms with Crippen LogP contribution < -0.4 is 5.32 Å². The summed E-state index contributed by atoms with van der Waals surface area (Å²) in [6.07, 6.45) is 5.51. The van der Waals surface area contributed by atoms with Gasteiger partial charge in [0.25, 0.3) is 0 Å². The second-order valence-electron chi connectivity index (χ2n) is 3.93. The van der Waals surface area contributed by atoms with Crippen LogP contribution in [0.5, 0.6) is 0 Å². The van der Waals surface area contributed by atoms with Crippen molar-refractivity contribution in [1.29, 1.82) is 0 Å². The molecule has 104 valence electrons. The fraction of sp³-hybridized carbons (Fsp3) is 1.00. The van der Waals surface area contributed by atoms with Crippen LogP contribution in [0.4, 0.5) is 0 Å². The van der Waals surface area contributed by atoms with Gasteiger partial charge in [0.15, 0.2) is 0 Å². The molecule has 17 heavy (non-hydrogen) atoms.